The Labute approximate surface area is 184 Å². The molecule has 0 spiro atoms. The van der Waals surface area contributed by atoms with Gasteiger partial charge >= 0.3 is 0 Å². The number of hydrogen-bond acceptors (Lipinski definition) is 3. The summed E-state index contributed by atoms with van der Waals surface area (Å²) in [6, 6.07) is 25.4. The number of rotatable bonds is 6. The van der Waals surface area contributed by atoms with E-state index in [9.17, 15) is 10.1 Å². The first-order valence-electron chi connectivity index (χ1n) is 10.9. The van der Waals surface area contributed by atoms with Gasteiger partial charge in [0.05, 0.1) is 11.6 Å². The number of benzene rings is 3. The monoisotopic (exact) mass is 409 g/mol. The number of nitriles is 1. The van der Waals surface area contributed by atoms with Gasteiger partial charge in [-0.1, -0.05) is 67.1 Å². The van der Waals surface area contributed by atoms with Crippen LogP contribution in [0.1, 0.15) is 46.3 Å². The van der Waals surface area contributed by atoms with Crippen LogP contribution in [0.25, 0.3) is 11.1 Å². The normalized spacial score (nSPS) is 14.0. The standard InChI is InChI=1S/C27H27N3O/c28-18-21-10-4-5-13-24(21)25-14-6-7-15-26(25)27(31)29-19-22-11-2-3-12-23(22)20-30-16-8-1-9-17-30/h2-7,10-15H,1,8-9,16-17,19-20H2,(H,29,31). The summed E-state index contributed by atoms with van der Waals surface area (Å²) in [7, 11) is 0. The number of likely N-dealkylation sites (tertiary alicyclic amines) is 1. The summed E-state index contributed by atoms with van der Waals surface area (Å²) in [6.07, 6.45) is 3.85. The Kier molecular flexibility index (Phi) is 6.76. The number of carbonyl (C=O) groups excluding carboxylic acids is 1. The maximum absolute atomic E-state index is 13.1. The number of carbonyl (C=O) groups is 1. The molecule has 0 atom stereocenters. The van der Waals surface area contributed by atoms with Gasteiger partial charge < -0.3 is 5.32 Å². The van der Waals surface area contributed by atoms with Crippen LogP contribution in [0.5, 0.6) is 0 Å². The molecule has 0 radical (unpaired) electrons. The molecule has 4 nitrogen and oxygen atoms in total. The molecular formula is C27H27N3O. The molecule has 3 aromatic rings. The summed E-state index contributed by atoms with van der Waals surface area (Å²) >= 11 is 0. The highest BCUT2D eigenvalue weighted by Crippen LogP contribution is 2.27. The van der Waals surface area contributed by atoms with Gasteiger partial charge in [0.15, 0.2) is 0 Å². The van der Waals surface area contributed by atoms with Crippen LogP contribution in [-0.2, 0) is 13.1 Å². The number of nitrogens with zero attached hydrogens (tertiary/aromatic N) is 2. The Morgan fingerprint density at radius 2 is 1.48 bits per heavy atom. The van der Waals surface area contributed by atoms with Gasteiger partial charge in [0.1, 0.15) is 0 Å². The van der Waals surface area contributed by atoms with Crippen molar-refractivity contribution in [2.45, 2.75) is 32.4 Å². The van der Waals surface area contributed by atoms with Crippen LogP contribution in [0.2, 0.25) is 0 Å². The van der Waals surface area contributed by atoms with E-state index in [0.29, 0.717) is 17.7 Å². The molecule has 1 saturated heterocycles. The fraction of sp³-hybridized carbons (Fsp3) is 0.259. The fourth-order valence-corrected chi connectivity index (χ4v) is 4.24. The lowest BCUT2D eigenvalue weighted by Crippen LogP contribution is -2.30. The summed E-state index contributed by atoms with van der Waals surface area (Å²) in [5.41, 5.74) is 5.12. The smallest absolute Gasteiger partial charge is 0.252 e. The van der Waals surface area contributed by atoms with E-state index in [1.165, 1.54) is 24.8 Å². The van der Waals surface area contributed by atoms with Gasteiger partial charge in [-0.25, -0.2) is 0 Å². The van der Waals surface area contributed by atoms with Crippen molar-refractivity contribution < 1.29 is 4.79 Å². The molecule has 4 heteroatoms. The average molecular weight is 410 g/mol. The van der Waals surface area contributed by atoms with Crippen molar-refractivity contribution in [2.75, 3.05) is 13.1 Å². The quantitative estimate of drug-likeness (QED) is 0.613. The van der Waals surface area contributed by atoms with Crippen molar-refractivity contribution >= 4 is 5.91 Å². The largest absolute Gasteiger partial charge is 0.348 e. The van der Waals surface area contributed by atoms with Crippen LogP contribution in [0.4, 0.5) is 0 Å². The molecule has 1 N–H and O–H groups in total. The van der Waals surface area contributed by atoms with E-state index in [4.69, 9.17) is 0 Å². The van der Waals surface area contributed by atoms with Crippen molar-refractivity contribution in [3.8, 4) is 17.2 Å². The van der Waals surface area contributed by atoms with Crippen LogP contribution < -0.4 is 5.32 Å². The summed E-state index contributed by atoms with van der Waals surface area (Å²) in [4.78, 5) is 15.6. The van der Waals surface area contributed by atoms with Crippen LogP contribution in [0, 0.1) is 11.3 Å². The second-order valence-electron chi connectivity index (χ2n) is 7.99. The lowest BCUT2D eigenvalue weighted by atomic mass is 9.95. The molecule has 1 aliphatic heterocycles. The van der Waals surface area contributed by atoms with Gasteiger partial charge in [-0.2, -0.15) is 5.26 Å². The summed E-state index contributed by atoms with van der Waals surface area (Å²) < 4.78 is 0. The SMILES string of the molecule is N#Cc1ccccc1-c1ccccc1C(=O)NCc1ccccc1CN1CCCCC1. The second-order valence-corrected chi connectivity index (χ2v) is 7.99. The Morgan fingerprint density at radius 1 is 0.839 bits per heavy atom. The highest BCUT2D eigenvalue weighted by molar-refractivity contribution is 6.01. The van der Waals surface area contributed by atoms with Gasteiger partial charge in [0.25, 0.3) is 5.91 Å². The predicted octanol–water partition coefficient (Wildman–Crippen LogP) is 5.14. The molecule has 1 amide bonds. The molecule has 0 aromatic heterocycles. The van der Waals surface area contributed by atoms with E-state index < -0.39 is 0 Å². The Balaban J connectivity index is 1.51. The molecule has 1 heterocycles. The molecule has 1 fully saturated rings. The number of amides is 1. The maximum Gasteiger partial charge on any atom is 0.252 e. The van der Waals surface area contributed by atoms with E-state index >= 15 is 0 Å². The van der Waals surface area contributed by atoms with E-state index in [1.54, 1.807) is 6.07 Å². The minimum absolute atomic E-state index is 0.129. The minimum Gasteiger partial charge on any atom is -0.348 e. The summed E-state index contributed by atoms with van der Waals surface area (Å²) in [5, 5.41) is 12.6. The van der Waals surface area contributed by atoms with E-state index in [-0.39, 0.29) is 5.91 Å². The first kappa shape index (κ1) is 20.8. The van der Waals surface area contributed by atoms with Gasteiger partial charge in [-0.3, -0.25) is 9.69 Å². The molecule has 3 aromatic carbocycles. The van der Waals surface area contributed by atoms with Crippen LogP contribution in [0.15, 0.2) is 72.8 Å². The van der Waals surface area contributed by atoms with E-state index in [0.717, 1.165) is 36.3 Å². The molecule has 0 aliphatic carbocycles. The zero-order valence-corrected chi connectivity index (χ0v) is 17.7. The van der Waals surface area contributed by atoms with Gasteiger partial charge in [0, 0.05) is 24.2 Å². The van der Waals surface area contributed by atoms with Crippen molar-refractivity contribution in [1.82, 2.24) is 10.2 Å². The van der Waals surface area contributed by atoms with Crippen LogP contribution >= 0.6 is 0 Å². The van der Waals surface area contributed by atoms with Crippen molar-refractivity contribution in [2.24, 2.45) is 0 Å². The third-order valence-corrected chi connectivity index (χ3v) is 5.91. The molecular weight excluding hydrogens is 382 g/mol. The topological polar surface area (TPSA) is 56.1 Å². The molecule has 4 rings (SSSR count). The lowest BCUT2D eigenvalue weighted by Gasteiger charge is -2.27. The zero-order valence-electron chi connectivity index (χ0n) is 17.7. The van der Waals surface area contributed by atoms with Crippen LogP contribution in [0.3, 0.4) is 0 Å². The molecule has 31 heavy (non-hydrogen) atoms. The molecule has 0 bridgehead atoms. The molecule has 0 saturated carbocycles. The van der Waals surface area contributed by atoms with E-state index in [1.807, 2.05) is 48.5 Å². The van der Waals surface area contributed by atoms with Crippen molar-refractivity contribution in [1.29, 1.82) is 5.26 Å². The number of hydrogen-bond donors (Lipinski definition) is 1. The summed E-state index contributed by atoms with van der Waals surface area (Å²) in [6.45, 7) is 3.70. The third kappa shape index (κ3) is 5.02. The highest BCUT2D eigenvalue weighted by atomic mass is 16.1. The van der Waals surface area contributed by atoms with Crippen molar-refractivity contribution in [3.63, 3.8) is 0 Å². The Morgan fingerprint density at radius 3 is 2.26 bits per heavy atom. The molecule has 0 unspecified atom stereocenters. The average Bonchev–Trinajstić information content (AvgIpc) is 2.84. The first-order chi connectivity index (χ1) is 15.3. The number of nitrogens with one attached hydrogen (secondary N) is 1. The van der Waals surface area contributed by atoms with Gasteiger partial charge in [-0.15, -0.1) is 0 Å². The Bertz CT molecular complexity index is 1090. The summed E-state index contributed by atoms with van der Waals surface area (Å²) in [5.74, 6) is -0.129. The van der Waals surface area contributed by atoms with E-state index in [2.05, 4.69) is 34.5 Å². The second kappa shape index (κ2) is 10.1. The number of piperidine rings is 1. The molecule has 1 aliphatic rings. The minimum atomic E-state index is -0.129. The fourth-order valence-electron chi connectivity index (χ4n) is 4.24. The highest BCUT2D eigenvalue weighted by Gasteiger charge is 2.16. The van der Waals surface area contributed by atoms with Crippen molar-refractivity contribution in [3.05, 3.63) is 95.1 Å². The van der Waals surface area contributed by atoms with Gasteiger partial charge in [-0.05, 0) is 54.8 Å². The van der Waals surface area contributed by atoms with Gasteiger partial charge in [0.2, 0.25) is 0 Å². The first-order valence-corrected chi connectivity index (χ1v) is 10.9. The predicted molar refractivity (Wildman–Crippen MR) is 123 cm³/mol. The van der Waals surface area contributed by atoms with Crippen LogP contribution in [-0.4, -0.2) is 23.9 Å². The Hall–Kier alpha value is -3.42. The lowest BCUT2D eigenvalue weighted by molar-refractivity contribution is 0.0951. The zero-order chi connectivity index (χ0) is 21.5. The maximum atomic E-state index is 13.1. The third-order valence-electron chi connectivity index (χ3n) is 5.91. The molecule has 156 valence electrons.